The summed E-state index contributed by atoms with van der Waals surface area (Å²) in [6.07, 6.45) is -2.55. The fraction of sp³-hybridized carbons (Fsp3) is 0.524. The molecule has 2 unspecified atom stereocenters. The van der Waals surface area contributed by atoms with E-state index in [1.54, 1.807) is 0 Å². The maximum absolute atomic E-state index is 13.0. The number of hydrogen-bond acceptors (Lipinski definition) is 5. The summed E-state index contributed by atoms with van der Waals surface area (Å²) < 4.78 is 44.4. The first kappa shape index (κ1) is 21.3. The second-order valence-corrected chi connectivity index (χ2v) is 8.45. The summed E-state index contributed by atoms with van der Waals surface area (Å²) in [5.74, 6) is -0.204. The largest absolute Gasteiger partial charge is 0.416 e. The fourth-order valence-electron chi connectivity index (χ4n) is 3.65. The molecule has 1 aliphatic heterocycles. The van der Waals surface area contributed by atoms with Crippen molar-refractivity contribution < 1.29 is 27.3 Å². The van der Waals surface area contributed by atoms with E-state index in [-0.39, 0.29) is 30.5 Å². The van der Waals surface area contributed by atoms with Gasteiger partial charge in [-0.1, -0.05) is 25.1 Å². The van der Waals surface area contributed by atoms with Crippen molar-refractivity contribution in [2.75, 3.05) is 11.4 Å². The van der Waals surface area contributed by atoms with Gasteiger partial charge in [0.1, 0.15) is 6.04 Å². The fourth-order valence-corrected chi connectivity index (χ4v) is 3.65. The van der Waals surface area contributed by atoms with Crippen LogP contribution in [0.3, 0.4) is 0 Å². The topological polar surface area (TPSA) is 88.3 Å². The minimum atomic E-state index is -4.51. The zero-order valence-corrected chi connectivity index (χ0v) is 17.1. The van der Waals surface area contributed by atoms with Crippen LogP contribution >= 0.6 is 0 Å². The van der Waals surface area contributed by atoms with Gasteiger partial charge in [-0.25, -0.2) is 0 Å². The van der Waals surface area contributed by atoms with Gasteiger partial charge in [0, 0.05) is 24.6 Å². The van der Waals surface area contributed by atoms with Crippen LogP contribution in [0.2, 0.25) is 0 Å². The highest BCUT2D eigenvalue weighted by Crippen LogP contribution is 2.39. The van der Waals surface area contributed by atoms with Crippen molar-refractivity contribution >= 4 is 17.5 Å². The highest BCUT2D eigenvalue weighted by atomic mass is 19.4. The highest BCUT2D eigenvalue weighted by Gasteiger charge is 2.39. The SMILES string of the molecule is CC(C)C(NC(=O)C1CC(=O)N(c2cccc(C(F)(F)F)c2)C1)c1nc(C2CC2)no1. The van der Waals surface area contributed by atoms with Gasteiger partial charge in [-0.15, -0.1) is 0 Å². The Labute approximate surface area is 177 Å². The van der Waals surface area contributed by atoms with Crippen molar-refractivity contribution in [1.29, 1.82) is 0 Å². The van der Waals surface area contributed by atoms with Gasteiger partial charge >= 0.3 is 6.18 Å². The second kappa shape index (κ2) is 7.97. The number of nitrogens with zero attached hydrogens (tertiary/aromatic N) is 3. The predicted molar refractivity (Wildman–Crippen MR) is 104 cm³/mol. The van der Waals surface area contributed by atoms with Crippen LogP contribution in [0.4, 0.5) is 18.9 Å². The average Bonchev–Trinajstić information content (AvgIpc) is 3.31. The van der Waals surface area contributed by atoms with E-state index >= 15 is 0 Å². The number of aromatic nitrogens is 2. The van der Waals surface area contributed by atoms with Gasteiger partial charge in [0.25, 0.3) is 0 Å². The lowest BCUT2D eigenvalue weighted by atomic mass is 10.0. The molecule has 2 heterocycles. The maximum Gasteiger partial charge on any atom is 0.416 e. The smallest absolute Gasteiger partial charge is 0.344 e. The Kier molecular flexibility index (Phi) is 5.49. The molecular formula is C21H23F3N4O3. The summed E-state index contributed by atoms with van der Waals surface area (Å²) >= 11 is 0. The van der Waals surface area contributed by atoms with Crippen LogP contribution in [-0.2, 0) is 15.8 Å². The molecule has 2 aromatic rings. The number of nitrogens with one attached hydrogen (secondary N) is 1. The van der Waals surface area contributed by atoms with E-state index in [9.17, 15) is 22.8 Å². The number of hydrogen-bond donors (Lipinski definition) is 1. The first-order valence-electron chi connectivity index (χ1n) is 10.2. The average molecular weight is 436 g/mol. The maximum atomic E-state index is 13.0. The molecule has 4 rings (SSSR count). The number of halogens is 3. The van der Waals surface area contributed by atoms with Crippen LogP contribution < -0.4 is 10.2 Å². The molecule has 166 valence electrons. The zero-order valence-electron chi connectivity index (χ0n) is 17.1. The second-order valence-electron chi connectivity index (χ2n) is 8.45. The van der Waals surface area contributed by atoms with Gasteiger partial charge in [0.2, 0.25) is 17.7 Å². The van der Waals surface area contributed by atoms with Crippen LogP contribution in [0.15, 0.2) is 28.8 Å². The third-order valence-corrected chi connectivity index (χ3v) is 5.61. The van der Waals surface area contributed by atoms with E-state index < -0.39 is 29.6 Å². The molecule has 0 bridgehead atoms. The molecule has 1 aromatic heterocycles. The molecule has 1 aliphatic carbocycles. The van der Waals surface area contributed by atoms with Gasteiger partial charge in [-0.2, -0.15) is 18.2 Å². The van der Waals surface area contributed by atoms with Crippen molar-refractivity contribution in [2.24, 2.45) is 11.8 Å². The standard InChI is InChI=1S/C21H23F3N4O3/c1-11(2)17(20-26-18(27-31-20)12-6-7-12)25-19(30)13-8-16(29)28(10-13)15-5-3-4-14(9-15)21(22,23)24/h3-5,9,11-13,17H,6-8,10H2,1-2H3,(H,25,30). The number of alkyl halides is 3. The molecule has 1 aromatic carbocycles. The van der Waals surface area contributed by atoms with Gasteiger partial charge in [-0.05, 0) is 37.0 Å². The number of amides is 2. The molecule has 0 spiro atoms. The normalized spacial score (nSPS) is 20.4. The highest BCUT2D eigenvalue weighted by molar-refractivity contribution is 6.00. The third kappa shape index (κ3) is 4.57. The lowest BCUT2D eigenvalue weighted by Crippen LogP contribution is -2.37. The quantitative estimate of drug-likeness (QED) is 0.744. The van der Waals surface area contributed by atoms with Crippen LogP contribution in [0.1, 0.15) is 62.3 Å². The van der Waals surface area contributed by atoms with Crippen molar-refractivity contribution in [3.63, 3.8) is 0 Å². The molecule has 1 saturated heterocycles. The summed E-state index contributed by atoms with van der Waals surface area (Å²) in [6.45, 7) is 3.81. The number of carbonyl (C=O) groups is 2. The summed E-state index contributed by atoms with van der Waals surface area (Å²) in [7, 11) is 0. The third-order valence-electron chi connectivity index (χ3n) is 5.61. The molecule has 2 aliphatic rings. The molecule has 31 heavy (non-hydrogen) atoms. The minimum Gasteiger partial charge on any atom is -0.344 e. The Morgan fingerprint density at radius 3 is 2.68 bits per heavy atom. The van der Waals surface area contributed by atoms with E-state index in [0.717, 1.165) is 25.0 Å². The van der Waals surface area contributed by atoms with Gasteiger partial charge in [0.05, 0.1) is 11.5 Å². The first-order chi connectivity index (χ1) is 14.6. The Bertz CT molecular complexity index is 984. The van der Waals surface area contributed by atoms with Crippen LogP contribution in [0.25, 0.3) is 0 Å². The monoisotopic (exact) mass is 436 g/mol. The number of benzene rings is 1. The Morgan fingerprint density at radius 1 is 1.29 bits per heavy atom. The molecule has 7 nitrogen and oxygen atoms in total. The van der Waals surface area contributed by atoms with Crippen molar-refractivity contribution in [1.82, 2.24) is 15.5 Å². The summed E-state index contributed by atoms with van der Waals surface area (Å²) in [6, 6.07) is 4.04. The van der Waals surface area contributed by atoms with E-state index in [2.05, 4.69) is 15.5 Å². The van der Waals surface area contributed by atoms with Crippen molar-refractivity contribution in [3.8, 4) is 0 Å². The predicted octanol–water partition coefficient (Wildman–Crippen LogP) is 3.83. The van der Waals surface area contributed by atoms with E-state index in [4.69, 9.17) is 4.52 Å². The Morgan fingerprint density at radius 2 is 2.03 bits per heavy atom. The number of carbonyl (C=O) groups excluding carboxylic acids is 2. The van der Waals surface area contributed by atoms with Crippen molar-refractivity contribution in [2.45, 2.75) is 51.2 Å². The van der Waals surface area contributed by atoms with E-state index in [0.29, 0.717) is 17.6 Å². The molecule has 2 amide bonds. The van der Waals surface area contributed by atoms with E-state index in [1.807, 2.05) is 13.8 Å². The lowest BCUT2D eigenvalue weighted by Gasteiger charge is -2.21. The molecule has 2 atom stereocenters. The molecule has 10 heteroatoms. The van der Waals surface area contributed by atoms with Gasteiger partial charge in [-0.3, -0.25) is 9.59 Å². The van der Waals surface area contributed by atoms with Crippen LogP contribution in [-0.4, -0.2) is 28.5 Å². The van der Waals surface area contributed by atoms with Gasteiger partial charge in [0.15, 0.2) is 5.82 Å². The number of anilines is 1. The van der Waals surface area contributed by atoms with Gasteiger partial charge < -0.3 is 14.7 Å². The molecule has 0 radical (unpaired) electrons. The molecule has 1 N–H and O–H groups in total. The molecule has 2 fully saturated rings. The van der Waals surface area contributed by atoms with Crippen LogP contribution in [0.5, 0.6) is 0 Å². The summed E-state index contributed by atoms with van der Waals surface area (Å²) in [5, 5.41) is 6.87. The molecule has 1 saturated carbocycles. The summed E-state index contributed by atoms with van der Waals surface area (Å²) in [4.78, 5) is 31.0. The van der Waals surface area contributed by atoms with Crippen LogP contribution in [0, 0.1) is 11.8 Å². The van der Waals surface area contributed by atoms with Crippen molar-refractivity contribution in [3.05, 3.63) is 41.5 Å². The Balaban J connectivity index is 1.46. The minimum absolute atomic E-state index is 0.00789. The summed E-state index contributed by atoms with van der Waals surface area (Å²) in [5.41, 5.74) is -0.713. The lowest BCUT2D eigenvalue weighted by molar-refractivity contribution is -0.137. The molecular weight excluding hydrogens is 413 g/mol. The first-order valence-corrected chi connectivity index (χ1v) is 10.2. The number of rotatable bonds is 6. The zero-order chi connectivity index (χ0) is 22.3. The van der Waals surface area contributed by atoms with E-state index in [1.165, 1.54) is 17.0 Å². The Hall–Kier alpha value is -2.91.